The second-order valence-electron chi connectivity index (χ2n) is 11.1. The van der Waals surface area contributed by atoms with Gasteiger partial charge in [0.15, 0.2) is 0 Å². The molecule has 0 aromatic carbocycles. The molecule has 0 amide bonds. The maximum atomic E-state index is 12.3. The number of rotatable bonds is 5. The van der Waals surface area contributed by atoms with Crippen molar-refractivity contribution in [3.63, 3.8) is 0 Å². The summed E-state index contributed by atoms with van der Waals surface area (Å²) in [4.78, 5) is 12.3. The predicted octanol–water partition coefficient (Wildman–Crippen LogP) is 4.48. The number of carbonyl (C=O) groups excluding carboxylic acids is 1. The van der Waals surface area contributed by atoms with Gasteiger partial charge in [-0.15, -0.1) is 0 Å². The average molecular weight is 420 g/mol. The van der Waals surface area contributed by atoms with Gasteiger partial charge in [-0.1, -0.05) is 20.3 Å². The first-order valence-electron chi connectivity index (χ1n) is 12.4. The van der Waals surface area contributed by atoms with E-state index in [1.165, 1.54) is 6.42 Å². The molecule has 170 valence electrons. The van der Waals surface area contributed by atoms with Crippen molar-refractivity contribution in [3.8, 4) is 0 Å². The number of ether oxygens (including phenoxy) is 1. The van der Waals surface area contributed by atoms with Crippen molar-refractivity contribution in [1.82, 2.24) is 0 Å². The maximum absolute atomic E-state index is 12.3. The number of esters is 1. The first kappa shape index (κ1) is 22.3. The van der Waals surface area contributed by atoms with Gasteiger partial charge >= 0.3 is 5.97 Å². The van der Waals surface area contributed by atoms with E-state index in [1.807, 2.05) is 0 Å². The smallest absolute Gasteiger partial charge is 0.355 e. The number of nitrogens with one attached hydrogen (secondary N) is 1. The van der Waals surface area contributed by atoms with E-state index in [-0.39, 0.29) is 12.3 Å². The van der Waals surface area contributed by atoms with Crippen LogP contribution in [-0.4, -0.2) is 39.7 Å². The molecule has 4 fully saturated rings. The Morgan fingerprint density at radius 1 is 1.00 bits per heavy atom. The quantitative estimate of drug-likeness (QED) is 0.452. The van der Waals surface area contributed by atoms with Gasteiger partial charge in [-0.2, -0.15) is 0 Å². The third-order valence-electron chi connectivity index (χ3n) is 9.86. The SMILES string of the molecule is CCC[C@@]1(O)CC[C@H]2[C@H](CC[C@@H]3[C@@H]2CC[C@@]2(C)[C@H]3CCC2(O)C(=N)C(=O)OCC)C1. The monoisotopic (exact) mass is 419 g/mol. The van der Waals surface area contributed by atoms with Crippen LogP contribution in [0.1, 0.15) is 91.4 Å². The summed E-state index contributed by atoms with van der Waals surface area (Å²) in [6, 6.07) is 0. The molecule has 5 nitrogen and oxygen atoms in total. The minimum absolute atomic E-state index is 0.232. The van der Waals surface area contributed by atoms with Crippen LogP contribution in [0.25, 0.3) is 0 Å². The molecule has 30 heavy (non-hydrogen) atoms. The second-order valence-corrected chi connectivity index (χ2v) is 11.1. The van der Waals surface area contributed by atoms with Crippen LogP contribution >= 0.6 is 0 Å². The minimum atomic E-state index is -1.36. The normalized spacial score (nSPS) is 47.7. The summed E-state index contributed by atoms with van der Waals surface area (Å²) < 4.78 is 5.08. The van der Waals surface area contributed by atoms with Crippen LogP contribution in [0.15, 0.2) is 0 Å². The standard InChI is InChI=1S/C25H41NO4/c1-4-11-24(28)13-9-17-16(15-24)6-7-19-18(17)8-12-23(3)20(19)10-14-25(23,29)21(26)22(27)30-5-2/h16-20,26,28-29H,4-15H2,1-3H3/t16-,17+,18-,19-,20+,23+,24-,25?/m1/s1. The summed E-state index contributed by atoms with van der Waals surface area (Å²) in [5.74, 6) is 2.30. The highest BCUT2D eigenvalue weighted by atomic mass is 16.5. The van der Waals surface area contributed by atoms with E-state index >= 15 is 0 Å². The molecule has 0 saturated heterocycles. The number of aliphatic hydroxyl groups is 2. The van der Waals surface area contributed by atoms with Gasteiger partial charge in [0.2, 0.25) is 0 Å². The summed E-state index contributed by atoms with van der Waals surface area (Å²) in [6.07, 6.45) is 10.7. The van der Waals surface area contributed by atoms with Gasteiger partial charge in [0, 0.05) is 5.41 Å². The molecule has 0 radical (unpaired) electrons. The van der Waals surface area contributed by atoms with Gasteiger partial charge in [-0.3, -0.25) is 5.41 Å². The minimum Gasteiger partial charge on any atom is -0.461 e. The molecule has 0 aromatic rings. The Bertz CT molecular complexity index is 695. The molecule has 1 unspecified atom stereocenters. The van der Waals surface area contributed by atoms with Gasteiger partial charge in [-0.25, -0.2) is 4.79 Å². The molecule has 0 heterocycles. The van der Waals surface area contributed by atoms with Gasteiger partial charge in [0.25, 0.3) is 0 Å². The fourth-order valence-corrected chi connectivity index (χ4v) is 8.45. The third kappa shape index (κ3) is 3.26. The molecule has 0 aromatic heterocycles. The topological polar surface area (TPSA) is 90.6 Å². The number of hydrogen-bond acceptors (Lipinski definition) is 5. The lowest BCUT2D eigenvalue weighted by Gasteiger charge is -2.58. The van der Waals surface area contributed by atoms with Crippen molar-refractivity contribution in [3.05, 3.63) is 0 Å². The zero-order valence-electron chi connectivity index (χ0n) is 19.1. The maximum Gasteiger partial charge on any atom is 0.355 e. The highest BCUT2D eigenvalue weighted by Gasteiger charge is 2.65. The van der Waals surface area contributed by atoms with Crippen molar-refractivity contribution in [2.45, 2.75) is 103 Å². The summed E-state index contributed by atoms with van der Waals surface area (Å²) >= 11 is 0. The molecular weight excluding hydrogens is 378 g/mol. The van der Waals surface area contributed by atoms with Crippen LogP contribution in [0.2, 0.25) is 0 Å². The highest BCUT2D eigenvalue weighted by Crippen LogP contribution is 2.66. The average Bonchev–Trinajstić information content (AvgIpc) is 2.99. The molecular formula is C25H41NO4. The summed E-state index contributed by atoms with van der Waals surface area (Å²) in [6.45, 7) is 6.26. The zero-order valence-corrected chi connectivity index (χ0v) is 19.1. The van der Waals surface area contributed by atoms with Gasteiger partial charge in [-0.05, 0) is 101 Å². The van der Waals surface area contributed by atoms with Gasteiger partial charge < -0.3 is 14.9 Å². The molecule has 5 heteroatoms. The Balaban J connectivity index is 1.52. The van der Waals surface area contributed by atoms with E-state index in [2.05, 4.69) is 13.8 Å². The van der Waals surface area contributed by atoms with E-state index < -0.39 is 22.6 Å². The predicted molar refractivity (Wildman–Crippen MR) is 116 cm³/mol. The Kier molecular flexibility index (Phi) is 5.85. The summed E-state index contributed by atoms with van der Waals surface area (Å²) in [5, 5.41) is 31.1. The fourth-order valence-electron chi connectivity index (χ4n) is 8.45. The van der Waals surface area contributed by atoms with Crippen LogP contribution in [0, 0.1) is 40.4 Å². The second kappa shape index (κ2) is 7.88. The molecule has 4 saturated carbocycles. The Hall–Kier alpha value is -0.940. The van der Waals surface area contributed by atoms with Gasteiger partial charge in [0.1, 0.15) is 11.3 Å². The van der Waals surface area contributed by atoms with Crippen molar-refractivity contribution in [1.29, 1.82) is 5.41 Å². The largest absolute Gasteiger partial charge is 0.461 e. The van der Waals surface area contributed by atoms with E-state index in [0.29, 0.717) is 36.0 Å². The van der Waals surface area contributed by atoms with E-state index in [9.17, 15) is 15.0 Å². The number of hydrogen-bond donors (Lipinski definition) is 3. The van der Waals surface area contributed by atoms with Crippen molar-refractivity contribution in [2.24, 2.45) is 35.0 Å². The van der Waals surface area contributed by atoms with E-state index in [4.69, 9.17) is 10.1 Å². The molecule has 0 bridgehead atoms. The highest BCUT2D eigenvalue weighted by molar-refractivity contribution is 6.38. The molecule has 3 N–H and O–H groups in total. The van der Waals surface area contributed by atoms with Crippen LogP contribution in [-0.2, 0) is 9.53 Å². The number of fused-ring (bicyclic) bond motifs is 5. The molecule has 0 aliphatic heterocycles. The van der Waals surface area contributed by atoms with E-state index in [1.54, 1.807) is 6.92 Å². The van der Waals surface area contributed by atoms with Crippen molar-refractivity contribution >= 4 is 11.7 Å². The van der Waals surface area contributed by atoms with Crippen molar-refractivity contribution < 1.29 is 19.7 Å². The van der Waals surface area contributed by atoms with E-state index in [0.717, 1.165) is 57.8 Å². The Morgan fingerprint density at radius 3 is 2.43 bits per heavy atom. The third-order valence-corrected chi connectivity index (χ3v) is 9.86. The van der Waals surface area contributed by atoms with Crippen molar-refractivity contribution in [2.75, 3.05) is 6.61 Å². The first-order chi connectivity index (χ1) is 14.2. The lowest BCUT2D eigenvalue weighted by atomic mass is 9.48. The van der Waals surface area contributed by atoms with Crippen LogP contribution in [0.4, 0.5) is 0 Å². The summed E-state index contributed by atoms with van der Waals surface area (Å²) in [7, 11) is 0. The molecule has 4 aliphatic carbocycles. The fraction of sp³-hybridized carbons (Fsp3) is 0.920. The van der Waals surface area contributed by atoms with Crippen LogP contribution in [0.5, 0.6) is 0 Å². The molecule has 4 rings (SSSR count). The van der Waals surface area contributed by atoms with Crippen LogP contribution in [0.3, 0.4) is 0 Å². The molecule has 4 aliphatic rings. The first-order valence-corrected chi connectivity index (χ1v) is 12.4. The van der Waals surface area contributed by atoms with Crippen LogP contribution < -0.4 is 0 Å². The Morgan fingerprint density at radius 2 is 1.73 bits per heavy atom. The zero-order chi connectivity index (χ0) is 21.7. The summed E-state index contributed by atoms with van der Waals surface area (Å²) in [5.41, 5.74) is -2.46. The van der Waals surface area contributed by atoms with Gasteiger partial charge in [0.05, 0.1) is 12.2 Å². The lowest BCUT2D eigenvalue weighted by Crippen LogP contribution is -2.58. The lowest BCUT2D eigenvalue weighted by molar-refractivity contribution is -0.140. The number of carbonyl (C=O) groups is 1. The molecule has 0 spiro atoms. The molecule has 8 atom stereocenters. The Labute approximate surface area is 181 Å².